The zero-order valence-electron chi connectivity index (χ0n) is 9.47. The predicted molar refractivity (Wildman–Crippen MR) is 53.8 cm³/mol. The molecule has 3 amide bonds. The average molecular weight is 198 g/mol. The first kappa shape index (κ1) is 11.0. The fourth-order valence-electron chi connectivity index (χ4n) is 1.64. The maximum atomic E-state index is 11.7. The highest BCUT2D eigenvalue weighted by Crippen LogP contribution is 2.23. The number of hydrogen-bond donors (Lipinski definition) is 1. The second-order valence-corrected chi connectivity index (χ2v) is 5.39. The van der Waals surface area contributed by atoms with E-state index in [2.05, 4.69) is 5.32 Å². The van der Waals surface area contributed by atoms with Crippen LogP contribution in [0.25, 0.3) is 0 Å². The number of urea groups is 1. The third-order valence-electron chi connectivity index (χ3n) is 2.16. The Bertz CT molecular complexity index is 256. The Morgan fingerprint density at radius 3 is 2.14 bits per heavy atom. The number of hydrogen-bond acceptors (Lipinski definition) is 2. The largest absolute Gasteiger partial charge is 0.332 e. The summed E-state index contributed by atoms with van der Waals surface area (Å²) in [6.07, 6.45) is 0.357. The smallest absolute Gasteiger partial charge is 0.325 e. The molecule has 0 spiro atoms. The Hall–Kier alpha value is -1.06. The third-order valence-corrected chi connectivity index (χ3v) is 2.16. The summed E-state index contributed by atoms with van der Waals surface area (Å²) in [4.78, 5) is 24.7. The van der Waals surface area contributed by atoms with Gasteiger partial charge in [0.05, 0.1) is 0 Å². The summed E-state index contributed by atoms with van der Waals surface area (Å²) >= 11 is 0. The van der Waals surface area contributed by atoms with Gasteiger partial charge in [0.2, 0.25) is 5.91 Å². The molecule has 0 aromatic heterocycles. The van der Waals surface area contributed by atoms with Crippen LogP contribution in [0.4, 0.5) is 4.79 Å². The highest BCUT2D eigenvalue weighted by atomic mass is 16.2. The van der Waals surface area contributed by atoms with Crippen molar-refractivity contribution in [2.45, 2.75) is 52.1 Å². The Balaban J connectivity index is 2.93. The molecule has 1 fully saturated rings. The van der Waals surface area contributed by atoms with E-state index in [0.717, 1.165) is 0 Å². The summed E-state index contributed by atoms with van der Waals surface area (Å²) in [6, 6.07) is -0.293. The monoisotopic (exact) mass is 198 g/mol. The first-order valence-electron chi connectivity index (χ1n) is 4.79. The van der Waals surface area contributed by atoms with Gasteiger partial charge in [0.15, 0.2) is 0 Å². The van der Waals surface area contributed by atoms with Crippen molar-refractivity contribution in [3.05, 3.63) is 0 Å². The molecular weight excluding hydrogens is 180 g/mol. The van der Waals surface area contributed by atoms with Gasteiger partial charge < -0.3 is 5.32 Å². The molecule has 1 aliphatic heterocycles. The Labute approximate surface area is 84.7 Å². The van der Waals surface area contributed by atoms with Crippen LogP contribution in [-0.4, -0.2) is 27.9 Å². The van der Waals surface area contributed by atoms with Gasteiger partial charge in [-0.25, -0.2) is 4.79 Å². The van der Waals surface area contributed by atoms with Gasteiger partial charge in [0.25, 0.3) is 0 Å². The van der Waals surface area contributed by atoms with Crippen LogP contribution in [0.2, 0.25) is 0 Å². The van der Waals surface area contributed by atoms with Crippen LogP contribution < -0.4 is 5.32 Å². The van der Waals surface area contributed by atoms with Crippen molar-refractivity contribution in [3.8, 4) is 0 Å². The standard InChI is InChI=1S/C10H18N2O2/c1-9(2,3)12-7(13)6-10(4,5)11-8(12)14/h6H2,1-5H3,(H,11,14). The van der Waals surface area contributed by atoms with Gasteiger partial charge in [0.1, 0.15) is 0 Å². The van der Waals surface area contributed by atoms with Crippen LogP contribution in [-0.2, 0) is 4.79 Å². The van der Waals surface area contributed by atoms with Crippen molar-refractivity contribution in [2.24, 2.45) is 0 Å². The minimum atomic E-state index is -0.447. The van der Waals surface area contributed by atoms with Gasteiger partial charge >= 0.3 is 6.03 Å². The van der Waals surface area contributed by atoms with E-state index in [0.29, 0.717) is 6.42 Å². The van der Waals surface area contributed by atoms with E-state index in [1.807, 2.05) is 34.6 Å². The van der Waals surface area contributed by atoms with Gasteiger partial charge in [0, 0.05) is 17.5 Å². The van der Waals surface area contributed by atoms with Crippen LogP contribution in [0.1, 0.15) is 41.0 Å². The summed E-state index contributed by atoms with van der Waals surface area (Å²) in [7, 11) is 0. The lowest BCUT2D eigenvalue weighted by atomic mass is 9.95. The van der Waals surface area contributed by atoms with Crippen molar-refractivity contribution < 1.29 is 9.59 Å². The fraction of sp³-hybridized carbons (Fsp3) is 0.800. The molecule has 1 saturated heterocycles. The lowest BCUT2D eigenvalue weighted by Crippen LogP contribution is -2.64. The van der Waals surface area contributed by atoms with E-state index in [1.165, 1.54) is 4.90 Å². The van der Waals surface area contributed by atoms with Crippen molar-refractivity contribution in [1.82, 2.24) is 10.2 Å². The van der Waals surface area contributed by atoms with Gasteiger partial charge in [-0.15, -0.1) is 0 Å². The first-order chi connectivity index (χ1) is 6.13. The molecule has 1 rings (SSSR count). The molecule has 4 nitrogen and oxygen atoms in total. The highest BCUT2D eigenvalue weighted by molar-refractivity contribution is 5.98. The molecule has 4 heteroatoms. The maximum absolute atomic E-state index is 11.7. The first-order valence-corrected chi connectivity index (χ1v) is 4.79. The number of carbonyl (C=O) groups excluding carboxylic acids is 2. The second kappa shape index (κ2) is 2.97. The Morgan fingerprint density at radius 1 is 1.29 bits per heavy atom. The van der Waals surface area contributed by atoms with Crippen LogP contribution in [0.15, 0.2) is 0 Å². The molecule has 14 heavy (non-hydrogen) atoms. The molecule has 1 N–H and O–H groups in total. The van der Waals surface area contributed by atoms with Crippen molar-refractivity contribution in [2.75, 3.05) is 0 Å². The minimum absolute atomic E-state index is 0.105. The normalized spacial score (nSPS) is 22.2. The maximum Gasteiger partial charge on any atom is 0.325 e. The van der Waals surface area contributed by atoms with E-state index in [4.69, 9.17) is 0 Å². The Morgan fingerprint density at radius 2 is 1.79 bits per heavy atom. The van der Waals surface area contributed by atoms with Crippen molar-refractivity contribution in [3.63, 3.8) is 0 Å². The number of amides is 3. The van der Waals surface area contributed by atoms with E-state index < -0.39 is 11.1 Å². The van der Waals surface area contributed by atoms with Gasteiger partial charge in [-0.2, -0.15) is 0 Å². The second-order valence-electron chi connectivity index (χ2n) is 5.39. The van der Waals surface area contributed by atoms with Crippen LogP contribution in [0.5, 0.6) is 0 Å². The Kier molecular flexibility index (Phi) is 2.34. The van der Waals surface area contributed by atoms with Gasteiger partial charge in [-0.05, 0) is 34.6 Å². The molecule has 0 unspecified atom stereocenters. The molecule has 0 atom stereocenters. The summed E-state index contributed by atoms with van der Waals surface area (Å²) in [5.74, 6) is -0.105. The molecule has 0 aromatic carbocycles. The summed E-state index contributed by atoms with van der Waals surface area (Å²) < 4.78 is 0. The zero-order valence-corrected chi connectivity index (χ0v) is 9.47. The molecule has 1 aliphatic rings. The van der Waals surface area contributed by atoms with Crippen molar-refractivity contribution >= 4 is 11.9 Å². The lowest BCUT2D eigenvalue weighted by molar-refractivity contribution is -0.135. The number of rotatable bonds is 0. The van der Waals surface area contributed by atoms with E-state index in [-0.39, 0.29) is 11.9 Å². The number of carbonyl (C=O) groups is 2. The number of nitrogens with zero attached hydrogens (tertiary/aromatic N) is 1. The SMILES string of the molecule is CC1(C)CC(=O)N(C(C)(C)C)C(=O)N1. The lowest BCUT2D eigenvalue weighted by Gasteiger charge is -2.42. The highest BCUT2D eigenvalue weighted by Gasteiger charge is 2.41. The topological polar surface area (TPSA) is 49.4 Å². The van der Waals surface area contributed by atoms with E-state index in [1.54, 1.807) is 0 Å². The quantitative estimate of drug-likeness (QED) is 0.641. The van der Waals surface area contributed by atoms with Gasteiger partial charge in [-0.3, -0.25) is 9.69 Å². The number of imide groups is 1. The van der Waals surface area contributed by atoms with Crippen molar-refractivity contribution in [1.29, 1.82) is 0 Å². The zero-order chi connectivity index (χ0) is 11.1. The number of nitrogens with one attached hydrogen (secondary N) is 1. The molecule has 0 saturated carbocycles. The van der Waals surface area contributed by atoms with Crippen LogP contribution in [0.3, 0.4) is 0 Å². The molecule has 0 aromatic rings. The van der Waals surface area contributed by atoms with Crippen LogP contribution in [0, 0.1) is 0 Å². The summed E-state index contributed by atoms with van der Waals surface area (Å²) in [5, 5.41) is 2.81. The third kappa shape index (κ3) is 2.05. The van der Waals surface area contributed by atoms with Gasteiger partial charge in [-0.1, -0.05) is 0 Å². The summed E-state index contributed by atoms with van der Waals surface area (Å²) in [5.41, 5.74) is -0.867. The van der Waals surface area contributed by atoms with E-state index >= 15 is 0 Å². The van der Waals surface area contributed by atoms with Crippen LogP contribution >= 0.6 is 0 Å². The molecule has 0 radical (unpaired) electrons. The molecular formula is C10H18N2O2. The predicted octanol–water partition coefficient (Wildman–Crippen LogP) is 1.51. The minimum Gasteiger partial charge on any atom is -0.332 e. The van der Waals surface area contributed by atoms with E-state index in [9.17, 15) is 9.59 Å². The average Bonchev–Trinajstić information content (AvgIpc) is 1.75. The molecule has 0 aliphatic carbocycles. The fourth-order valence-corrected chi connectivity index (χ4v) is 1.64. The molecule has 0 bridgehead atoms. The summed E-state index contributed by atoms with van der Waals surface area (Å²) in [6.45, 7) is 9.25. The molecule has 1 heterocycles. The molecule has 80 valence electrons.